The first kappa shape index (κ1) is 8.39. The van der Waals surface area contributed by atoms with Crippen molar-refractivity contribution < 1.29 is 4.79 Å². The van der Waals surface area contributed by atoms with Gasteiger partial charge in [0.05, 0.1) is 5.69 Å². The number of nitrogens with one attached hydrogen (secondary N) is 1. The largest absolute Gasteiger partial charge is 0.318 e. The van der Waals surface area contributed by atoms with Crippen LogP contribution < -0.4 is 4.90 Å². The standard InChI is InChI=1S/C8H9N3O/c1-11(6-12)8-4-2-7(10-9)3-5-8/h2-6,9H,1H3. The number of carbonyl (C=O) groups excluding carboxylic acids is 1. The van der Waals surface area contributed by atoms with Gasteiger partial charge in [0.1, 0.15) is 0 Å². The summed E-state index contributed by atoms with van der Waals surface area (Å²) >= 11 is 0. The van der Waals surface area contributed by atoms with E-state index in [4.69, 9.17) is 5.53 Å². The fraction of sp³-hybridized carbons (Fsp3) is 0.125. The molecule has 0 fully saturated rings. The van der Waals surface area contributed by atoms with Crippen LogP contribution in [-0.2, 0) is 4.79 Å². The van der Waals surface area contributed by atoms with E-state index in [0.717, 1.165) is 12.1 Å². The van der Waals surface area contributed by atoms with Crippen LogP contribution in [0.15, 0.2) is 29.4 Å². The minimum Gasteiger partial charge on any atom is -0.318 e. The van der Waals surface area contributed by atoms with Gasteiger partial charge in [-0.15, -0.1) is 0 Å². The number of benzene rings is 1. The maximum Gasteiger partial charge on any atom is 0.213 e. The number of anilines is 1. The Balaban J connectivity index is 2.91. The second kappa shape index (κ2) is 3.61. The lowest BCUT2D eigenvalue weighted by Gasteiger charge is -2.09. The Labute approximate surface area is 70.3 Å². The Bertz CT molecular complexity index is 281. The number of rotatable bonds is 3. The van der Waals surface area contributed by atoms with Crippen LogP contribution in [0.4, 0.5) is 11.4 Å². The molecule has 0 aliphatic carbocycles. The van der Waals surface area contributed by atoms with Gasteiger partial charge in [-0.2, -0.15) is 5.11 Å². The van der Waals surface area contributed by atoms with Crippen LogP contribution in [0.5, 0.6) is 0 Å². The Morgan fingerprint density at radius 1 is 1.42 bits per heavy atom. The zero-order valence-electron chi connectivity index (χ0n) is 6.69. The van der Waals surface area contributed by atoms with Gasteiger partial charge in [0.25, 0.3) is 0 Å². The summed E-state index contributed by atoms with van der Waals surface area (Å²) in [5, 5.41) is 3.24. The quantitative estimate of drug-likeness (QED) is 0.537. The maximum atomic E-state index is 10.3. The van der Waals surface area contributed by atoms with E-state index < -0.39 is 0 Å². The SMILES string of the molecule is CN(C=O)c1ccc(N=N)cc1. The third-order valence-electron chi connectivity index (χ3n) is 1.54. The molecule has 0 radical (unpaired) electrons. The average Bonchev–Trinajstić information content (AvgIpc) is 2.17. The topological polar surface area (TPSA) is 56.5 Å². The van der Waals surface area contributed by atoms with Crippen LogP contribution >= 0.6 is 0 Å². The van der Waals surface area contributed by atoms with Crippen LogP contribution in [0.25, 0.3) is 0 Å². The number of hydrogen-bond donors (Lipinski definition) is 1. The second-order valence-corrected chi connectivity index (χ2v) is 2.34. The van der Waals surface area contributed by atoms with Gasteiger partial charge in [0, 0.05) is 12.7 Å². The Morgan fingerprint density at radius 2 is 2.00 bits per heavy atom. The lowest BCUT2D eigenvalue weighted by molar-refractivity contribution is -0.107. The summed E-state index contributed by atoms with van der Waals surface area (Å²) in [6, 6.07) is 6.84. The average molecular weight is 163 g/mol. The molecule has 0 aliphatic rings. The van der Waals surface area contributed by atoms with Gasteiger partial charge >= 0.3 is 0 Å². The summed E-state index contributed by atoms with van der Waals surface area (Å²) < 4.78 is 0. The molecule has 4 heteroatoms. The van der Waals surface area contributed by atoms with Crippen LogP contribution in [0.2, 0.25) is 0 Å². The van der Waals surface area contributed by atoms with Crippen molar-refractivity contribution in [2.24, 2.45) is 5.11 Å². The molecule has 62 valence electrons. The van der Waals surface area contributed by atoms with E-state index in [1.165, 1.54) is 4.90 Å². The highest BCUT2D eigenvalue weighted by Crippen LogP contribution is 2.17. The van der Waals surface area contributed by atoms with Crippen LogP contribution in [0, 0.1) is 5.53 Å². The number of nitrogens with zero attached hydrogens (tertiary/aromatic N) is 2. The van der Waals surface area contributed by atoms with Crippen LogP contribution in [0.1, 0.15) is 0 Å². The van der Waals surface area contributed by atoms with E-state index in [1.807, 2.05) is 0 Å². The van der Waals surface area contributed by atoms with Crippen molar-refractivity contribution in [3.8, 4) is 0 Å². The second-order valence-electron chi connectivity index (χ2n) is 2.34. The first-order chi connectivity index (χ1) is 5.77. The van der Waals surface area contributed by atoms with Gasteiger partial charge in [0.15, 0.2) is 0 Å². The summed E-state index contributed by atoms with van der Waals surface area (Å²) in [6.07, 6.45) is 0.729. The molecule has 0 bridgehead atoms. The third kappa shape index (κ3) is 1.66. The smallest absolute Gasteiger partial charge is 0.213 e. The minimum atomic E-state index is 0.582. The summed E-state index contributed by atoms with van der Waals surface area (Å²) in [6.45, 7) is 0. The van der Waals surface area contributed by atoms with E-state index in [-0.39, 0.29) is 0 Å². The molecule has 4 nitrogen and oxygen atoms in total. The van der Waals surface area contributed by atoms with E-state index in [9.17, 15) is 4.79 Å². The Kier molecular flexibility index (Phi) is 2.53. The fourth-order valence-electron chi connectivity index (χ4n) is 0.823. The molecular formula is C8H9N3O. The molecule has 0 atom stereocenters. The fourth-order valence-corrected chi connectivity index (χ4v) is 0.823. The molecule has 0 aliphatic heterocycles. The van der Waals surface area contributed by atoms with Crippen molar-refractivity contribution in [3.05, 3.63) is 24.3 Å². The maximum absolute atomic E-state index is 10.3. The molecule has 1 aromatic carbocycles. The van der Waals surface area contributed by atoms with Crippen LogP contribution in [0.3, 0.4) is 0 Å². The molecule has 0 aromatic heterocycles. The van der Waals surface area contributed by atoms with Gasteiger partial charge in [-0.3, -0.25) is 4.79 Å². The van der Waals surface area contributed by atoms with Gasteiger partial charge in [-0.1, -0.05) is 0 Å². The van der Waals surface area contributed by atoms with E-state index in [1.54, 1.807) is 31.3 Å². The van der Waals surface area contributed by atoms with Crippen molar-refractivity contribution in [2.75, 3.05) is 11.9 Å². The van der Waals surface area contributed by atoms with Crippen molar-refractivity contribution in [2.45, 2.75) is 0 Å². The molecule has 0 heterocycles. The first-order valence-corrected chi connectivity index (χ1v) is 3.43. The summed E-state index contributed by atoms with van der Waals surface area (Å²) in [5.41, 5.74) is 8.08. The van der Waals surface area contributed by atoms with Crippen LogP contribution in [-0.4, -0.2) is 13.5 Å². The lowest BCUT2D eigenvalue weighted by atomic mass is 10.3. The Morgan fingerprint density at radius 3 is 2.42 bits per heavy atom. The molecule has 12 heavy (non-hydrogen) atoms. The molecular weight excluding hydrogens is 154 g/mol. The van der Waals surface area contributed by atoms with Gasteiger partial charge in [-0.05, 0) is 24.3 Å². The highest BCUT2D eigenvalue weighted by Gasteiger charge is 1.96. The highest BCUT2D eigenvalue weighted by molar-refractivity contribution is 5.74. The zero-order chi connectivity index (χ0) is 8.97. The van der Waals surface area contributed by atoms with Crippen molar-refractivity contribution in [1.29, 1.82) is 5.53 Å². The molecule has 1 amide bonds. The zero-order valence-corrected chi connectivity index (χ0v) is 6.69. The monoisotopic (exact) mass is 163 g/mol. The predicted molar refractivity (Wildman–Crippen MR) is 45.7 cm³/mol. The summed E-state index contributed by atoms with van der Waals surface area (Å²) in [4.78, 5) is 11.8. The summed E-state index contributed by atoms with van der Waals surface area (Å²) in [7, 11) is 1.67. The predicted octanol–water partition coefficient (Wildman–Crippen LogP) is 1.94. The molecule has 1 rings (SSSR count). The van der Waals surface area contributed by atoms with Crippen molar-refractivity contribution >= 4 is 17.8 Å². The van der Waals surface area contributed by atoms with E-state index in [2.05, 4.69) is 5.11 Å². The molecule has 0 spiro atoms. The van der Waals surface area contributed by atoms with Gasteiger partial charge in [0.2, 0.25) is 6.41 Å². The third-order valence-corrected chi connectivity index (χ3v) is 1.54. The molecule has 0 unspecified atom stereocenters. The van der Waals surface area contributed by atoms with E-state index in [0.29, 0.717) is 5.69 Å². The molecule has 1 N–H and O–H groups in total. The minimum absolute atomic E-state index is 0.582. The lowest BCUT2D eigenvalue weighted by Crippen LogP contribution is -2.12. The van der Waals surface area contributed by atoms with Crippen molar-refractivity contribution in [1.82, 2.24) is 0 Å². The number of carbonyl (C=O) groups is 1. The Hall–Kier alpha value is -1.71. The first-order valence-electron chi connectivity index (χ1n) is 3.43. The number of hydrogen-bond acceptors (Lipinski definition) is 3. The highest BCUT2D eigenvalue weighted by atomic mass is 16.1. The molecule has 0 saturated heterocycles. The molecule has 0 saturated carbocycles. The summed E-state index contributed by atoms with van der Waals surface area (Å²) in [5.74, 6) is 0. The molecule has 1 aromatic rings. The normalized spacial score (nSPS) is 9.08. The van der Waals surface area contributed by atoms with E-state index >= 15 is 0 Å². The number of amides is 1. The van der Waals surface area contributed by atoms with Gasteiger partial charge in [-0.25, -0.2) is 5.53 Å². The van der Waals surface area contributed by atoms with Crippen molar-refractivity contribution in [3.63, 3.8) is 0 Å². The van der Waals surface area contributed by atoms with Gasteiger partial charge < -0.3 is 4.90 Å².